The van der Waals surface area contributed by atoms with E-state index in [2.05, 4.69) is 5.43 Å². The third-order valence-corrected chi connectivity index (χ3v) is 4.31. The lowest BCUT2D eigenvalue weighted by Gasteiger charge is -2.14. The number of nitro groups is 1. The molecule has 0 radical (unpaired) electrons. The van der Waals surface area contributed by atoms with E-state index in [0.29, 0.717) is 5.69 Å². The van der Waals surface area contributed by atoms with E-state index in [-0.39, 0.29) is 22.6 Å². The van der Waals surface area contributed by atoms with Crippen molar-refractivity contribution in [1.82, 2.24) is 5.43 Å². The number of non-ortho nitro benzene ring substituents is 1. The Morgan fingerprint density at radius 2 is 1.93 bits per heavy atom. The number of aryl methyl sites for hydroxylation is 1. The number of carbonyl (C=O) groups is 2. The lowest BCUT2D eigenvalue weighted by Crippen LogP contribution is -2.35. The van der Waals surface area contributed by atoms with Gasteiger partial charge in [0.05, 0.1) is 23.8 Å². The Balaban J connectivity index is 2.00. The molecule has 2 amide bonds. The Kier molecular flexibility index (Phi) is 4.99. The summed E-state index contributed by atoms with van der Waals surface area (Å²) in [6, 6.07) is 9.20. The molecule has 1 saturated heterocycles. The molecule has 0 aromatic heterocycles. The first-order valence-electron chi connectivity index (χ1n) is 8.37. The number of aromatic hydroxyl groups is 1. The molecule has 9 heteroatoms. The number of ether oxygens (including phenoxy) is 1. The minimum Gasteiger partial charge on any atom is -0.504 e. The van der Waals surface area contributed by atoms with Gasteiger partial charge in [0.1, 0.15) is 5.57 Å². The summed E-state index contributed by atoms with van der Waals surface area (Å²) in [6.45, 7) is 2.00. The summed E-state index contributed by atoms with van der Waals surface area (Å²) in [4.78, 5) is 35.4. The Bertz CT molecular complexity index is 997. The monoisotopic (exact) mass is 383 g/mol. The number of hydrazine groups is 1. The number of hydrogen-bond acceptors (Lipinski definition) is 6. The van der Waals surface area contributed by atoms with Crippen molar-refractivity contribution in [2.75, 3.05) is 12.1 Å². The Hall–Kier alpha value is -3.88. The zero-order chi connectivity index (χ0) is 20.4. The normalized spacial score (nSPS) is 15.1. The van der Waals surface area contributed by atoms with Crippen LogP contribution >= 0.6 is 0 Å². The highest BCUT2D eigenvalue weighted by atomic mass is 16.6. The Morgan fingerprint density at radius 1 is 1.25 bits per heavy atom. The van der Waals surface area contributed by atoms with E-state index in [1.54, 1.807) is 12.1 Å². The topological polar surface area (TPSA) is 122 Å². The molecule has 0 spiro atoms. The number of nitrogens with zero attached hydrogens (tertiary/aromatic N) is 2. The van der Waals surface area contributed by atoms with Gasteiger partial charge >= 0.3 is 0 Å². The summed E-state index contributed by atoms with van der Waals surface area (Å²) in [5, 5.41) is 22.4. The molecule has 144 valence electrons. The first-order chi connectivity index (χ1) is 13.3. The van der Waals surface area contributed by atoms with Crippen molar-refractivity contribution in [3.8, 4) is 11.5 Å². The van der Waals surface area contributed by atoms with Gasteiger partial charge in [0.2, 0.25) is 0 Å². The quantitative estimate of drug-likeness (QED) is 0.354. The van der Waals surface area contributed by atoms with Crippen LogP contribution in [0.2, 0.25) is 0 Å². The smallest absolute Gasteiger partial charge is 0.282 e. The van der Waals surface area contributed by atoms with Crippen LogP contribution in [0.5, 0.6) is 11.5 Å². The molecule has 0 atom stereocenters. The SMILES string of the molecule is CCc1ccc(N2NC(=O)C(=Cc3cc([N+](=O)[O-])cc(OC)c3O)C2=O)cc1. The van der Waals surface area contributed by atoms with Crippen LogP contribution in [0.1, 0.15) is 18.1 Å². The summed E-state index contributed by atoms with van der Waals surface area (Å²) < 4.78 is 4.93. The average Bonchev–Trinajstić information content (AvgIpc) is 2.97. The van der Waals surface area contributed by atoms with Crippen LogP contribution in [0.3, 0.4) is 0 Å². The number of benzene rings is 2. The van der Waals surface area contributed by atoms with E-state index in [1.165, 1.54) is 7.11 Å². The summed E-state index contributed by atoms with van der Waals surface area (Å²) in [5.41, 5.74) is 3.30. The van der Waals surface area contributed by atoms with Crippen molar-refractivity contribution >= 4 is 29.3 Å². The second kappa shape index (κ2) is 7.39. The lowest BCUT2D eigenvalue weighted by atomic mass is 10.1. The molecule has 28 heavy (non-hydrogen) atoms. The van der Waals surface area contributed by atoms with Crippen molar-refractivity contribution in [2.24, 2.45) is 0 Å². The molecule has 1 fully saturated rings. The Morgan fingerprint density at radius 3 is 2.50 bits per heavy atom. The lowest BCUT2D eigenvalue weighted by molar-refractivity contribution is -0.385. The molecule has 0 saturated carbocycles. The van der Waals surface area contributed by atoms with Gasteiger partial charge in [-0.2, -0.15) is 0 Å². The zero-order valence-corrected chi connectivity index (χ0v) is 15.1. The van der Waals surface area contributed by atoms with Crippen LogP contribution in [0.15, 0.2) is 42.0 Å². The largest absolute Gasteiger partial charge is 0.504 e. The molecule has 3 rings (SSSR count). The molecule has 1 heterocycles. The van der Waals surface area contributed by atoms with Crippen LogP contribution in [-0.4, -0.2) is 29.0 Å². The maximum Gasteiger partial charge on any atom is 0.282 e. The predicted octanol–water partition coefficient (Wildman–Crippen LogP) is 2.33. The average molecular weight is 383 g/mol. The molecule has 0 aliphatic carbocycles. The van der Waals surface area contributed by atoms with Crippen LogP contribution < -0.4 is 15.2 Å². The first-order valence-corrected chi connectivity index (χ1v) is 8.37. The maximum absolute atomic E-state index is 12.7. The third-order valence-electron chi connectivity index (χ3n) is 4.31. The number of nitro benzene ring substituents is 1. The molecule has 2 aromatic rings. The van der Waals surface area contributed by atoms with Gasteiger partial charge in [-0.1, -0.05) is 19.1 Å². The number of carbonyl (C=O) groups excluding carboxylic acids is 2. The van der Waals surface area contributed by atoms with Crippen LogP contribution in [0.4, 0.5) is 11.4 Å². The minimum absolute atomic E-state index is 0.0762. The van der Waals surface area contributed by atoms with Crippen LogP contribution in [-0.2, 0) is 16.0 Å². The molecule has 1 aliphatic heterocycles. The Labute approximate surface area is 160 Å². The fourth-order valence-corrected chi connectivity index (χ4v) is 2.76. The summed E-state index contributed by atoms with van der Waals surface area (Å²) in [6.07, 6.45) is 1.93. The molecule has 1 aliphatic rings. The molecule has 0 unspecified atom stereocenters. The fourth-order valence-electron chi connectivity index (χ4n) is 2.76. The highest BCUT2D eigenvalue weighted by Crippen LogP contribution is 2.36. The molecular formula is C19H17N3O6. The number of methoxy groups -OCH3 is 1. The molecule has 2 aromatic carbocycles. The standard InChI is InChI=1S/C19H17N3O6/c1-3-11-4-6-13(7-5-11)21-19(25)15(18(24)20-21)9-12-8-14(22(26)27)10-16(28-2)17(12)23/h4-10,23H,3H2,1-2H3,(H,20,24). The van der Waals surface area contributed by atoms with Crippen molar-refractivity contribution in [2.45, 2.75) is 13.3 Å². The highest BCUT2D eigenvalue weighted by molar-refractivity contribution is 6.31. The maximum atomic E-state index is 12.7. The second-order valence-electron chi connectivity index (χ2n) is 6.00. The minimum atomic E-state index is -0.686. The zero-order valence-electron chi connectivity index (χ0n) is 15.1. The van der Waals surface area contributed by atoms with E-state index in [1.807, 2.05) is 19.1 Å². The predicted molar refractivity (Wildman–Crippen MR) is 101 cm³/mol. The number of phenols is 1. The van der Waals surface area contributed by atoms with Gasteiger partial charge in [0.25, 0.3) is 17.5 Å². The van der Waals surface area contributed by atoms with Crippen molar-refractivity contribution in [1.29, 1.82) is 0 Å². The van der Waals surface area contributed by atoms with E-state index in [9.17, 15) is 24.8 Å². The number of anilines is 1. The number of nitrogens with one attached hydrogen (secondary N) is 1. The van der Waals surface area contributed by atoms with Crippen molar-refractivity contribution in [3.63, 3.8) is 0 Å². The number of phenolic OH excluding ortho intramolecular Hbond substituents is 1. The van der Waals surface area contributed by atoms with Gasteiger partial charge in [0.15, 0.2) is 11.5 Å². The fraction of sp³-hybridized carbons (Fsp3) is 0.158. The van der Waals surface area contributed by atoms with Crippen LogP contribution in [0.25, 0.3) is 6.08 Å². The molecule has 2 N–H and O–H groups in total. The van der Waals surface area contributed by atoms with E-state index in [0.717, 1.165) is 35.2 Å². The van der Waals surface area contributed by atoms with Crippen molar-refractivity contribution in [3.05, 3.63) is 63.2 Å². The van der Waals surface area contributed by atoms with Gasteiger partial charge in [-0.3, -0.25) is 25.1 Å². The number of amides is 2. The molecular weight excluding hydrogens is 366 g/mol. The van der Waals surface area contributed by atoms with Gasteiger partial charge in [0, 0.05) is 11.6 Å². The second-order valence-corrected chi connectivity index (χ2v) is 6.00. The van der Waals surface area contributed by atoms with Gasteiger partial charge < -0.3 is 9.84 Å². The number of hydrogen-bond donors (Lipinski definition) is 2. The number of rotatable bonds is 5. The van der Waals surface area contributed by atoms with E-state index < -0.39 is 22.5 Å². The summed E-state index contributed by atoms with van der Waals surface area (Å²) in [7, 11) is 1.24. The highest BCUT2D eigenvalue weighted by Gasteiger charge is 2.35. The van der Waals surface area contributed by atoms with Gasteiger partial charge in [-0.25, -0.2) is 5.01 Å². The van der Waals surface area contributed by atoms with Crippen LogP contribution in [0, 0.1) is 10.1 Å². The summed E-state index contributed by atoms with van der Waals surface area (Å²) in [5.74, 6) is -1.88. The summed E-state index contributed by atoms with van der Waals surface area (Å²) >= 11 is 0. The van der Waals surface area contributed by atoms with E-state index in [4.69, 9.17) is 4.74 Å². The van der Waals surface area contributed by atoms with Gasteiger partial charge in [-0.05, 0) is 30.2 Å². The molecule has 9 nitrogen and oxygen atoms in total. The van der Waals surface area contributed by atoms with Crippen molar-refractivity contribution < 1.29 is 24.4 Å². The first kappa shape index (κ1) is 18.9. The van der Waals surface area contributed by atoms with Gasteiger partial charge in [-0.15, -0.1) is 0 Å². The third kappa shape index (κ3) is 3.37. The molecule has 0 bridgehead atoms. The van der Waals surface area contributed by atoms with E-state index >= 15 is 0 Å².